The van der Waals surface area contributed by atoms with E-state index in [1.807, 2.05) is 12.1 Å². The predicted molar refractivity (Wildman–Crippen MR) is 49.8 cm³/mol. The van der Waals surface area contributed by atoms with E-state index < -0.39 is 0 Å². The van der Waals surface area contributed by atoms with Crippen LogP contribution in [0.4, 0.5) is 0 Å². The summed E-state index contributed by atoms with van der Waals surface area (Å²) >= 11 is 0. The van der Waals surface area contributed by atoms with Crippen LogP contribution in [0.1, 0.15) is 22.6 Å². The van der Waals surface area contributed by atoms with E-state index in [0.717, 1.165) is 17.7 Å². The largest absolute Gasteiger partial charge is 0.497 e. The van der Waals surface area contributed by atoms with Crippen molar-refractivity contribution >= 4 is 0 Å². The van der Waals surface area contributed by atoms with Gasteiger partial charge in [0.15, 0.2) is 0 Å². The fourth-order valence-corrected chi connectivity index (χ4v) is 1.82. The normalized spacial score (nSPS) is 18.4. The number of rotatable bonds is 1. The zero-order valence-electron chi connectivity index (χ0n) is 7.79. The van der Waals surface area contributed by atoms with Crippen LogP contribution in [0, 0.1) is 18.3 Å². The third-order valence-electron chi connectivity index (χ3n) is 2.66. The highest BCUT2D eigenvalue weighted by atomic mass is 16.5. The van der Waals surface area contributed by atoms with Gasteiger partial charge >= 0.3 is 0 Å². The summed E-state index contributed by atoms with van der Waals surface area (Å²) < 4.78 is 5.15. The van der Waals surface area contributed by atoms with Crippen LogP contribution in [0.5, 0.6) is 5.75 Å². The molecule has 66 valence electrons. The van der Waals surface area contributed by atoms with Gasteiger partial charge in [-0.15, -0.1) is 0 Å². The van der Waals surface area contributed by atoms with E-state index >= 15 is 0 Å². The minimum absolute atomic E-state index is 0.0869. The molecule has 2 heteroatoms. The van der Waals surface area contributed by atoms with Crippen molar-refractivity contribution in [3.63, 3.8) is 0 Å². The number of fused-ring (bicyclic) bond motifs is 1. The molecular formula is C11H11NO. The Morgan fingerprint density at radius 3 is 2.92 bits per heavy atom. The van der Waals surface area contributed by atoms with Gasteiger partial charge in [-0.3, -0.25) is 0 Å². The smallest absolute Gasteiger partial charge is 0.119 e. The third kappa shape index (κ3) is 1.08. The third-order valence-corrected chi connectivity index (χ3v) is 2.66. The van der Waals surface area contributed by atoms with Crippen LogP contribution in [0.2, 0.25) is 0 Å². The molecule has 1 atom stereocenters. The van der Waals surface area contributed by atoms with Crippen LogP contribution in [-0.4, -0.2) is 7.11 Å². The second-order valence-electron chi connectivity index (χ2n) is 3.40. The predicted octanol–water partition coefficient (Wildman–Crippen LogP) is 2.17. The lowest BCUT2D eigenvalue weighted by Crippen LogP contribution is -2.17. The summed E-state index contributed by atoms with van der Waals surface area (Å²) in [7, 11) is 1.65. The molecule has 0 amide bonds. The van der Waals surface area contributed by atoms with Crippen LogP contribution in [-0.2, 0) is 6.42 Å². The summed E-state index contributed by atoms with van der Waals surface area (Å²) in [6, 6.07) is 6.27. The molecule has 0 saturated carbocycles. The van der Waals surface area contributed by atoms with Crippen LogP contribution in [0.3, 0.4) is 0 Å². The van der Waals surface area contributed by atoms with E-state index in [-0.39, 0.29) is 5.92 Å². The monoisotopic (exact) mass is 173 g/mol. The van der Waals surface area contributed by atoms with Gasteiger partial charge in [0.05, 0.1) is 19.1 Å². The van der Waals surface area contributed by atoms with Crippen molar-refractivity contribution in [2.24, 2.45) is 0 Å². The molecule has 1 aromatic carbocycles. The van der Waals surface area contributed by atoms with Crippen molar-refractivity contribution in [1.82, 2.24) is 0 Å². The average molecular weight is 173 g/mol. The van der Waals surface area contributed by atoms with Crippen molar-refractivity contribution in [1.29, 1.82) is 5.26 Å². The quantitative estimate of drug-likeness (QED) is 0.652. The number of hydrogen-bond donors (Lipinski definition) is 0. The van der Waals surface area contributed by atoms with E-state index in [1.54, 1.807) is 7.11 Å². The van der Waals surface area contributed by atoms with Gasteiger partial charge in [-0.2, -0.15) is 5.26 Å². The number of methoxy groups -OCH3 is 1. The molecule has 1 unspecified atom stereocenters. The van der Waals surface area contributed by atoms with Gasteiger partial charge in [0, 0.05) is 0 Å². The lowest BCUT2D eigenvalue weighted by molar-refractivity contribution is 0.412. The summed E-state index contributed by atoms with van der Waals surface area (Å²) in [4.78, 5) is 0. The summed E-state index contributed by atoms with van der Waals surface area (Å²) in [6.07, 6.45) is 0.904. The van der Waals surface area contributed by atoms with Crippen molar-refractivity contribution < 1.29 is 4.74 Å². The Morgan fingerprint density at radius 2 is 2.31 bits per heavy atom. The SMILES string of the molecule is COc1cc(C)c2c(c1)C(C#N)C2. The molecule has 1 aliphatic rings. The molecule has 0 saturated heterocycles. The topological polar surface area (TPSA) is 33.0 Å². The first-order valence-electron chi connectivity index (χ1n) is 4.33. The molecule has 0 spiro atoms. The van der Waals surface area contributed by atoms with E-state index in [1.165, 1.54) is 11.1 Å². The Hall–Kier alpha value is -1.49. The molecule has 1 aliphatic carbocycles. The summed E-state index contributed by atoms with van der Waals surface area (Å²) in [5, 5.41) is 8.80. The van der Waals surface area contributed by atoms with Crippen LogP contribution < -0.4 is 4.74 Å². The number of nitriles is 1. The average Bonchev–Trinajstić information content (AvgIpc) is 2.09. The lowest BCUT2D eigenvalue weighted by Gasteiger charge is -2.27. The molecule has 0 radical (unpaired) electrons. The number of benzene rings is 1. The first-order valence-corrected chi connectivity index (χ1v) is 4.33. The second kappa shape index (κ2) is 2.77. The standard InChI is InChI=1S/C11H11NO/c1-7-3-9(13-2)5-11-8(6-12)4-10(7)11/h3,5,8H,4H2,1-2H3. The Kier molecular flexibility index (Phi) is 1.73. The van der Waals surface area contributed by atoms with Crippen molar-refractivity contribution in [2.45, 2.75) is 19.3 Å². The highest BCUT2D eigenvalue weighted by Gasteiger charge is 2.28. The number of aryl methyl sites for hydroxylation is 1. The first-order chi connectivity index (χ1) is 6.26. The molecule has 0 heterocycles. The van der Waals surface area contributed by atoms with E-state index in [4.69, 9.17) is 10.00 Å². The summed E-state index contributed by atoms with van der Waals surface area (Å²) in [5.74, 6) is 0.944. The van der Waals surface area contributed by atoms with Gasteiger partial charge in [0.25, 0.3) is 0 Å². The summed E-state index contributed by atoms with van der Waals surface area (Å²) in [6.45, 7) is 2.06. The minimum atomic E-state index is 0.0869. The highest BCUT2D eigenvalue weighted by Crippen LogP contribution is 2.39. The van der Waals surface area contributed by atoms with Crippen molar-refractivity contribution in [2.75, 3.05) is 7.11 Å². The molecule has 0 fully saturated rings. The second-order valence-corrected chi connectivity index (χ2v) is 3.40. The maximum Gasteiger partial charge on any atom is 0.119 e. The Bertz CT molecular complexity index is 390. The van der Waals surface area contributed by atoms with Gasteiger partial charge in [0.1, 0.15) is 5.75 Å². The Morgan fingerprint density at radius 1 is 1.54 bits per heavy atom. The molecule has 13 heavy (non-hydrogen) atoms. The minimum Gasteiger partial charge on any atom is -0.497 e. The van der Waals surface area contributed by atoms with Crippen LogP contribution in [0.25, 0.3) is 0 Å². The molecule has 2 rings (SSSR count). The van der Waals surface area contributed by atoms with Gasteiger partial charge in [0.2, 0.25) is 0 Å². The van der Waals surface area contributed by atoms with Gasteiger partial charge in [-0.05, 0) is 42.2 Å². The van der Waals surface area contributed by atoms with Crippen LogP contribution >= 0.6 is 0 Å². The number of hydrogen-bond acceptors (Lipinski definition) is 2. The molecule has 0 N–H and O–H groups in total. The number of nitrogens with zero attached hydrogens (tertiary/aromatic N) is 1. The van der Waals surface area contributed by atoms with Gasteiger partial charge in [-0.1, -0.05) is 0 Å². The van der Waals surface area contributed by atoms with E-state index in [2.05, 4.69) is 13.0 Å². The van der Waals surface area contributed by atoms with Gasteiger partial charge < -0.3 is 4.74 Å². The van der Waals surface area contributed by atoms with Gasteiger partial charge in [-0.25, -0.2) is 0 Å². The lowest BCUT2D eigenvalue weighted by atomic mass is 9.76. The highest BCUT2D eigenvalue weighted by molar-refractivity contribution is 5.52. The van der Waals surface area contributed by atoms with Crippen LogP contribution in [0.15, 0.2) is 12.1 Å². The maximum absolute atomic E-state index is 8.80. The Balaban J connectivity index is 2.48. The van der Waals surface area contributed by atoms with Crippen molar-refractivity contribution in [3.8, 4) is 11.8 Å². The maximum atomic E-state index is 8.80. The number of ether oxygens (including phenoxy) is 1. The van der Waals surface area contributed by atoms with E-state index in [9.17, 15) is 0 Å². The fourth-order valence-electron chi connectivity index (χ4n) is 1.82. The fraction of sp³-hybridized carbons (Fsp3) is 0.364. The zero-order valence-corrected chi connectivity index (χ0v) is 7.79. The summed E-state index contributed by atoms with van der Waals surface area (Å²) in [5.41, 5.74) is 3.72. The molecule has 2 nitrogen and oxygen atoms in total. The molecule has 0 bridgehead atoms. The molecule has 1 aromatic rings. The van der Waals surface area contributed by atoms with Crippen molar-refractivity contribution in [3.05, 3.63) is 28.8 Å². The Labute approximate surface area is 77.8 Å². The molecule has 0 aliphatic heterocycles. The first kappa shape index (κ1) is 8.12. The van der Waals surface area contributed by atoms with E-state index in [0.29, 0.717) is 0 Å². The molecular weight excluding hydrogens is 162 g/mol. The molecule has 0 aromatic heterocycles. The zero-order chi connectivity index (χ0) is 9.42.